The highest BCUT2D eigenvalue weighted by atomic mass is 16.3. The number of carbonyl (C=O) groups excluding carboxylic acids is 1. The molecule has 0 spiro atoms. The van der Waals surface area contributed by atoms with Crippen molar-refractivity contribution < 1.29 is 15.0 Å². The first-order valence-corrected chi connectivity index (χ1v) is 11.7. The molecule has 174 valence electrons. The minimum atomic E-state index is -0.233. The molecule has 0 atom stereocenters. The molecule has 2 N–H and O–H groups in total. The van der Waals surface area contributed by atoms with Gasteiger partial charge < -0.3 is 10.2 Å². The summed E-state index contributed by atoms with van der Waals surface area (Å²) >= 11 is 0. The van der Waals surface area contributed by atoms with Gasteiger partial charge in [-0.15, -0.1) is 0 Å². The zero-order chi connectivity index (χ0) is 24.2. The van der Waals surface area contributed by atoms with Crippen LogP contribution in [-0.2, 0) is 17.6 Å². The highest BCUT2D eigenvalue weighted by molar-refractivity contribution is 5.75. The molecule has 0 heterocycles. The average Bonchev–Trinajstić information content (AvgIpc) is 2.84. The average molecular weight is 445 g/mol. The molecule has 0 saturated heterocycles. The van der Waals surface area contributed by atoms with Crippen molar-refractivity contribution >= 4 is 6.29 Å². The summed E-state index contributed by atoms with van der Waals surface area (Å²) in [4.78, 5) is 9.48. The van der Waals surface area contributed by atoms with E-state index < -0.39 is 0 Å². The molecular formula is C30H36O3. The summed E-state index contributed by atoms with van der Waals surface area (Å²) in [7, 11) is 0. The number of rotatable bonds is 9. The first-order valence-electron chi connectivity index (χ1n) is 11.7. The number of unbranched alkanes of at least 4 members (excludes halogenated alkanes) is 2. The van der Waals surface area contributed by atoms with Crippen LogP contribution in [0.15, 0.2) is 72.8 Å². The van der Waals surface area contributed by atoms with Gasteiger partial charge in [-0.3, -0.25) is 4.79 Å². The van der Waals surface area contributed by atoms with Crippen molar-refractivity contribution in [3.63, 3.8) is 0 Å². The molecule has 3 aromatic carbocycles. The van der Waals surface area contributed by atoms with Gasteiger partial charge in [-0.05, 0) is 77.3 Å². The Kier molecular flexibility index (Phi) is 10.6. The molecule has 0 bridgehead atoms. The van der Waals surface area contributed by atoms with Crippen LogP contribution in [0.1, 0.15) is 49.8 Å². The van der Waals surface area contributed by atoms with Crippen LogP contribution in [0.25, 0.3) is 22.3 Å². The van der Waals surface area contributed by atoms with Crippen LogP contribution in [0.2, 0.25) is 0 Å². The van der Waals surface area contributed by atoms with Gasteiger partial charge in [0.25, 0.3) is 0 Å². The molecule has 0 aliphatic heterocycles. The second-order valence-corrected chi connectivity index (χ2v) is 8.31. The SMILES string of the molecule is C=C(C=O)CO.CCCCCc1ccc(-c2ccc(-c3ccc(O)cc3)c(C)c2)c(CC)c1. The Hall–Kier alpha value is -3.17. The van der Waals surface area contributed by atoms with Gasteiger partial charge in [0.05, 0.1) is 6.61 Å². The second-order valence-electron chi connectivity index (χ2n) is 8.31. The monoisotopic (exact) mass is 444 g/mol. The normalized spacial score (nSPS) is 10.3. The quantitative estimate of drug-likeness (QED) is 0.211. The van der Waals surface area contributed by atoms with Crippen molar-refractivity contribution in [2.75, 3.05) is 6.61 Å². The van der Waals surface area contributed by atoms with Crippen molar-refractivity contribution in [1.82, 2.24) is 0 Å². The van der Waals surface area contributed by atoms with Gasteiger partial charge in [0.1, 0.15) is 12.0 Å². The van der Waals surface area contributed by atoms with E-state index in [2.05, 4.69) is 63.7 Å². The predicted octanol–water partition coefficient (Wildman–Crippen LogP) is 7.06. The molecule has 0 amide bonds. The highest BCUT2D eigenvalue weighted by Crippen LogP contribution is 2.32. The van der Waals surface area contributed by atoms with E-state index in [9.17, 15) is 9.90 Å². The number of hydrogen-bond donors (Lipinski definition) is 2. The number of aliphatic hydroxyl groups excluding tert-OH is 1. The lowest BCUT2D eigenvalue weighted by Gasteiger charge is -2.14. The number of benzene rings is 3. The molecule has 0 aliphatic carbocycles. The Labute approximate surface area is 198 Å². The maximum Gasteiger partial charge on any atom is 0.147 e. The van der Waals surface area contributed by atoms with Gasteiger partial charge in [-0.25, -0.2) is 0 Å². The zero-order valence-corrected chi connectivity index (χ0v) is 20.1. The van der Waals surface area contributed by atoms with Crippen LogP contribution < -0.4 is 0 Å². The fraction of sp³-hybridized carbons (Fsp3) is 0.300. The van der Waals surface area contributed by atoms with Gasteiger partial charge in [0.2, 0.25) is 0 Å². The number of aryl methyl sites for hydroxylation is 3. The fourth-order valence-corrected chi connectivity index (χ4v) is 3.79. The number of carbonyl (C=O) groups is 1. The van der Waals surface area contributed by atoms with Gasteiger partial charge in [0.15, 0.2) is 0 Å². The molecule has 0 unspecified atom stereocenters. The maximum atomic E-state index is 9.51. The molecule has 0 saturated carbocycles. The molecule has 3 heteroatoms. The van der Waals surface area contributed by atoms with Crippen LogP contribution in [0.4, 0.5) is 0 Å². The summed E-state index contributed by atoms with van der Waals surface area (Å²) in [6.07, 6.45) is 6.61. The number of phenols is 1. The maximum absolute atomic E-state index is 9.51. The van der Waals surface area contributed by atoms with E-state index in [1.807, 2.05) is 12.1 Å². The Morgan fingerprint density at radius 3 is 2.12 bits per heavy atom. The third kappa shape index (κ3) is 7.73. The number of aliphatic hydroxyl groups is 1. The van der Waals surface area contributed by atoms with Gasteiger partial charge in [-0.1, -0.05) is 81.8 Å². The molecule has 0 aliphatic rings. The molecule has 3 nitrogen and oxygen atoms in total. The van der Waals surface area contributed by atoms with Gasteiger partial charge in [-0.2, -0.15) is 0 Å². The van der Waals surface area contributed by atoms with Crippen molar-refractivity contribution in [2.45, 2.75) is 52.9 Å². The largest absolute Gasteiger partial charge is 0.508 e. The molecule has 0 fully saturated rings. The van der Waals surface area contributed by atoms with E-state index >= 15 is 0 Å². The molecule has 3 aromatic rings. The van der Waals surface area contributed by atoms with E-state index in [-0.39, 0.29) is 12.2 Å². The molecular weight excluding hydrogens is 408 g/mol. The zero-order valence-electron chi connectivity index (χ0n) is 20.1. The minimum Gasteiger partial charge on any atom is -0.508 e. The molecule has 0 aromatic heterocycles. The lowest BCUT2D eigenvalue weighted by atomic mass is 9.91. The Balaban J connectivity index is 0.000000569. The Morgan fingerprint density at radius 2 is 1.58 bits per heavy atom. The van der Waals surface area contributed by atoms with Gasteiger partial charge in [0, 0.05) is 5.57 Å². The second kappa shape index (κ2) is 13.4. The Morgan fingerprint density at radius 1 is 0.909 bits per heavy atom. The van der Waals surface area contributed by atoms with E-state index in [1.165, 1.54) is 59.1 Å². The smallest absolute Gasteiger partial charge is 0.147 e. The molecule has 33 heavy (non-hydrogen) atoms. The van der Waals surface area contributed by atoms with Crippen molar-refractivity contribution in [1.29, 1.82) is 0 Å². The summed E-state index contributed by atoms with van der Waals surface area (Å²) in [6.45, 7) is 9.60. The third-order valence-corrected chi connectivity index (χ3v) is 5.71. The molecule has 3 rings (SSSR count). The number of phenolic OH excluding ortho intramolecular Hbond substituents is 1. The first kappa shape index (κ1) is 26.1. The van der Waals surface area contributed by atoms with Crippen LogP contribution in [0.5, 0.6) is 5.75 Å². The highest BCUT2D eigenvalue weighted by Gasteiger charge is 2.09. The molecule has 0 radical (unpaired) electrons. The van der Waals surface area contributed by atoms with E-state index in [1.54, 1.807) is 12.1 Å². The Bertz CT molecular complexity index is 1050. The summed E-state index contributed by atoms with van der Waals surface area (Å²) in [5.41, 5.74) is 9.35. The number of aromatic hydroxyl groups is 1. The van der Waals surface area contributed by atoms with E-state index in [4.69, 9.17) is 5.11 Å². The fourth-order valence-electron chi connectivity index (χ4n) is 3.79. The van der Waals surface area contributed by atoms with Crippen LogP contribution >= 0.6 is 0 Å². The number of hydrogen-bond acceptors (Lipinski definition) is 3. The third-order valence-electron chi connectivity index (χ3n) is 5.71. The summed E-state index contributed by atoms with van der Waals surface area (Å²) in [6, 6.07) is 21.1. The lowest BCUT2D eigenvalue weighted by Crippen LogP contribution is -1.93. The number of aldehydes is 1. The van der Waals surface area contributed by atoms with E-state index in [0.29, 0.717) is 12.0 Å². The topological polar surface area (TPSA) is 57.5 Å². The summed E-state index contributed by atoms with van der Waals surface area (Å²) < 4.78 is 0. The summed E-state index contributed by atoms with van der Waals surface area (Å²) in [5, 5.41) is 17.5. The van der Waals surface area contributed by atoms with Crippen LogP contribution in [0, 0.1) is 6.92 Å². The summed E-state index contributed by atoms with van der Waals surface area (Å²) in [5.74, 6) is 0.305. The van der Waals surface area contributed by atoms with Crippen LogP contribution in [-0.4, -0.2) is 23.1 Å². The van der Waals surface area contributed by atoms with Crippen molar-refractivity contribution in [3.05, 3.63) is 89.5 Å². The minimum absolute atomic E-state index is 0.218. The predicted molar refractivity (Wildman–Crippen MR) is 139 cm³/mol. The van der Waals surface area contributed by atoms with E-state index in [0.717, 1.165) is 12.0 Å². The van der Waals surface area contributed by atoms with Crippen molar-refractivity contribution in [3.8, 4) is 28.0 Å². The first-order chi connectivity index (χ1) is 15.9. The standard InChI is InChI=1S/C26H30O.C4H6O2/c1-4-6-7-8-20-9-15-26(21(5-2)18-20)23-12-16-25(19(3)17-23)22-10-13-24(27)14-11-22;1-4(2-5)3-6/h9-18,27H,4-8H2,1-3H3;2,6H,1,3H2. The lowest BCUT2D eigenvalue weighted by molar-refractivity contribution is -0.105. The van der Waals surface area contributed by atoms with Gasteiger partial charge >= 0.3 is 0 Å². The van der Waals surface area contributed by atoms with Crippen molar-refractivity contribution in [2.24, 2.45) is 0 Å². The van der Waals surface area contributed by atoms with Crippen LogP contribution in [0.3, 0.4) is 0 Å².